The number of hydrogen-bond donors (Lipinski definition) is 0. The molecule has 0 radical (unpaired) electrons. The van der Waals surface area contributed by atoms with Gasteiger partial charge >= 0.3 is 0 Å². The van der Waals surface area contributed by atoms with Crippen molar-refractivity contribution in [2.24, 2.45) is 0 Å². The van der Waals surface area contributed by atoms with Crippen LogP contribution in [0.15, 0.2) is 109 Å². The van der Waals surface area contributed by atoms with Crippen LogP contribution in [0.1, 0.15) is 56.1 Å². The number of benzene rings is 4. The fourth-order valence-electron chi connectivity index (χ4n) is 4.21. The van der Waals surface area contributed by atoms with Crippen LogP contribution < -0.4 is 18.9 Å². The summed E-state index contributed by atoms with van der Waals surface area (Å²) in [6.07, 6.45) is 8.34. The van der Waals surface area contributed by atoms with Crippen molar-refractivity contribution in [2.75, 3.05) is 13.2 Å². The van der Waals surface area contributed by atoms with Crippen molar-refractivity contribution in [1.82, 2.24) is 0 Å². The Balaban J connectivity index is 0.955. The normalized spacial score (nSPS) is 10.7. The fraction of sp³-hybridized carbons (Fsp3) is 0.314. The molecule has 0 unspecified atom stereocenters. The maximum Gasteiger partial charge on any atom is 0.120 e. The molecule has 0 aromatic heterocycles. The average Bonchev–Trinajstić information content (AvgIpc) is 3.00. The van der Waals surface area contributed by atoms with Crippen LogP contribution in [0, 0.1) is 0 Å². The zero-order valence-corrected chi connectivity index (χ0v) is 22.8. The number of hydrogen-bond acceptors (Lipinski definition) is 4. The van der Waals surface area contributed by atoms with Crippen LogP contribution in [-0.2, 0) is 13.2 Å². The molecule has 4 nitrogen and oxygen atoms in total. The van der Waals surface area contributed by atoms with Gasteiger partial charge in [-0.1, -0.05) is 92.8 Å². The van der Waals surface area contributed by atoms with Crippen LogP contribution in [0.4, 0.5) is 0 Å². The largest absolute Gasteiger partial charge is 0.494 e. The summed E-state index contributed by atoms with van der Waals surface area (Å²) in [7, 11) is 0. The van der Waals surface area contributed by atoms with Crippen molar-refractivity contribution < 1.29 is 18.9 Å². The van der Waals surface area contributed by atoms with Crippen molar-refractivity contribution in [1.29, 1.82) is 0 Å². The van der Waals surface area contributed by atoms with E-state index in [1.165, 1.54) is 32.1 Å². The quantitative estimate of drug-likeness (QED) is 0.122. The summed E-state index contributed by atoms with van der Waals surface area (Å²) in [5.41, 5.74) is 2.33. The van der Waals surface area contributed by atoms with E-state index in [4.69, 9.17) is 18.9 Å². The Morgan fingerprint density at radius 3 is 0.974 bits per heavy atom. The summed E-state index contributed by atoms with van der Waals surface area (Å²) < 4.78 is 23.4. The van der Waals surface area contributed by atoms with Gasteiger partial charge in [0.15, 0.2) is 0 Å². The molecule has 0 aliphatic carbocycles. The van der Waals surface area contributed by atoms with E-state index in [1.807, 2.05) is 84.9 Å². The van der Waals surface area contributed by atoms with Gasteiger partial charge in [-0.3, -0.25) is 0 Å². The number of rotatable bonds is 18. The lowest BCUT2D eigenvalue weighted by Crippen LogP contribution is -1.99. The third-order valence-electron chi connectivity index (χ3n) is 6.47. The van der Waals surface area contributed by atoms with Gasteiger partial charge in [-0.25, -0.2) is 0 Å². The average molecular weight is 525 g/mol. The zero-order valence-electron chi connectivity index (χ0n) is 22.8. The lowest BCUT2D eigenvalue weighted by molar-refractivity contribution is 0.294. The van der Waals surface area contributed by atoms with Gasteiger partial charge in [-0.2, -0.15) is 0 Å². The predicted octanol–water partition coefficient (Wildman–Crippen LogP) is 9.03. The SMILES string of the molecule is c1ccc(COc2ccc(OCCCCCCCCCOc3ccc(OCc4ccccc4)cc3)cc2)cc1. The molecule has 0 aliphatic heterocycles. The summed E-state index contributed by atoms with van der Waals surface area (Å²) >= 11 is 0. The Kier molecular flexibility index (Phi) is 12.1. The van der Waals surface area contributed by atoms with E-state index < -0.39 is 0 Å². The molecule has 0 saturated carbocycles. The minimum absolute atomic E-state index is 0.577. The molecule has 0 aliphatic rings. The van der Waals surface area contributed by atoms with Gasteiger partial charge in [0.2, 0.25) is 0 Å². The van der Waals surface area contributed by atoms with Gasteiger partial charge in [0.05, 0.1) is 13.2 Å². The first kappa shape index (κ1) is 28.1. The molecule has 0 heterocycles. The van der Waals surface area contributed by atoms with Gasteiger partial charge in [0.1, 0.15) is 36.2 Å². The maximum absolute atomic E-state index is 5.89. The second-order valence-corrected chi connectivity index (χ2v) is 9.66. The molecular weight excluding hydrogens is 484 g/mol. The molecule has 0 atom stereocenters. The maximum atomic E-state index is 5.89. The lowest BCUT2D eigenvalue weighted by atomic mass is 10.1. The van der Waals surface area contributed by atoms with Gasteiger partial charge in [-0.15, -0.1) is 0 Å². The molecule has 4 aromatic carbocycles. The Morgan fingerprint density at radius 1 is 0.308 bits per heavy atom. The van der Waals surface area contributed by atoms with Gasteiger partial charge in [0, 0.05) is 0 Å². The first-order chi connectivity index (χ1) is 19.3. The minimum atomic E-state index is 0.577. The summed E-state index contributed by atoms with van der Waals surface area (Å²) in [4.78, 5) is 0. The van der Waals surface area contributed by atoms with E-state index in [0.29, 0.717) is 13.2 Å². The highest BCUT2D eigenvalue weighted by Gasteiger charge is 2.00. The van der Waals surface area contributed by atoms with Gasteiger partial charge in [-0.05, 0) is 72.5 Å². The molecule has 0 N–H and O–H groups in total. The first-order valence-electron chi connectivity index (χ1n) is 14.1. The summed E-state index contributed by atoms with van der Waals surface area (Å²) in [5, 5.41) is 0. The van der Waals surface area contributed by atoms with Crippen molar-refractivity contribution in [3.8, 4) is 23.0 Å². The molecule has 204 valence electrons. The van der Waals surface area contributed by atoms with E-state index in [0.717, 1.165) is 60.2 Å². The van der Waals surface area contributed by atoms with Crippen LogP contribution in [0.3, 0.4) is 0 Å². The van der Waals surface area contributed by atoms with E-state index >= 15 is 0 Å². The van der Waals surface area contributed by atoms with Gasteiger partial charge in [0.25, 0.3) is 0 Å². The molecule has 39 heavy (non-hydrogen) atoms. The molecular formula is C35H40O4. The highest BCUT2D eigenvalue weighted by molar-refractivity contribution is 5.32. The molecule has 0 spiro atoms. The third kappa shape index (κ3) is 11.2. The smallest absolute Gasteiger partial charge is 0.120 e. The molecule has 0 amide bonds. The molecule has 0 fully saturated rings. The zero-order chi connectivity index (χ0) is 26.8. The van der Waals surface area contributed by atoms with Crippen molar-refractivity contribution in [3.05, 3.63) is 120 Å². The van der Waals surface area contributed by atoms with E-state index in [2.05, 4.69) is 24.3 Å². The third-order valence-corrected chi connectivity index (χ3v) is 6.47. The molecule has 0 bridgehead atoms. The highest BCUT2D eigenvalue weighted by atomic mass is 16.5. The van der Waals surface area contributed by atoms with Crippen molar-refractivity contribution in [3.63, 3.8) is 0 Å². The molecule has 4 aromatic rings. The van der Waals surface area contributed by atoms with Crippen LogP contribution in [-0.4, -0.2) is 13.2 Å². The summed E-state index contributed by atoms with van der Waals surface area (Å²) in [6, 6.07) is 36.2. The molecule has 4 rings (SSSR count). The summed E-state index contributed by atoms with van der Waals surface area (Å²) in [6.45, 7) is 2.67. The molecule has 4 heteroatoms. The highest BCUT2D eigenvalue weighted by Crippen LogP contribution is 2.20. The monoisotopic (exact) mass is 524 g/mol. The van der Waals surface area contributed by atoms with E-state index in [1.54, 1.807) is 0 Å². The first-order valence-corrected chi connectivity index (χ1v) is 14.1. The van der Waals surface area contributed by atoms with Crippen LogP contribution >= 0.6 is 0 Å². The van der Waals surface area contributed by atoms with E-state index in [-0.39, 0.29) is 0 Å². The predicted molar refractivity (Wildman–Crippen MR) is 158 cm³/mol. The van der Waals surface area contributed by atoms with Crippen molar-refractivity contribution >= 4 is 0 Å². The Bertz CT molecular complexity index is 1060. The fourth-order valence-corrected chi connectivity index (χ4v) is 4.21. The van der Waals surface area contributed by atoms with Crippen molar-refractivity contribution in [2.45, 2.75) is 58.2 Å². The van der Waals surface area contributed by atoms with Crippen LogP contribution in [0.5, 0.6) is 23.0 Å². The second-order valence-electron chi connectivity index (χ2n) is 9.66. The standard InChI is InChI=1S/C35H40O4/c1(2-4-12-26-36-32-18-22-34(23-19-32)38-28-30-14-8-6-9-15-30)3-5-13-27-37-33-20-24-35(25-21-33)39-29-31-16-10-7-11-17-31/h6-11,14-25H,1-5,12-13,26-29H2. The topological polar surface area (TPSA) is 36.9 Å². The number of ether oxygens (including phenoxy) is 4. The Labute approximate surface area is 233 Å². The van der Waals surface area contributed by atoms with Crippen LogP contribution in [0.2, 0.25) is 0 Å². The van der Waals surface area contributed by atoms with E-state index in [9.17, 15) is 0 Å². The van der Waals surface area contributed by atoms with Crippen LogP contribution in [0.25, 0.3) is 0 Å². The number of unbranched alkanes of at least 4 members (excludes halogenated alkanes) is 6. The minimum Gasteiger partial charge on any atom is -0.494 e. The second kappa shape index (κ2) is 16.8. The Morgan fingerprint density at radius 2 is 0.615 bits per heavy atom. The lowest BCUT2D eigenvalue weighted by Gasteiger charge is -2.09. The van der Waals surface area contributed by atoms with Gasteiger partial charge < -0.3 is 18.9 Å². The summed E-state index contributed by atoms with van der Waals surface area (Å²) in [5.74, 6) is 3.52. The molecule has 0 saturated heterocycles. The Hall–Kier alpha value is -3.92.